The smallest absolute Gasteiger partial charge is 0.350 e. The SMILES string of the molecule is COC(=O)c1sc(N2C(=O)c3oc4ccccc4c(=O)c3C2c2ccc(C(C)(C)C)cc2)nc1C. The van der Waals surface area contributed by atoms with E-state index in [0.29, 0.717) is 26.7 Å². The summed E-state index contributed by atoms with van der Waals surface area (Å²) in [5.41, 5.74) is 2.62. The van der Waals surface area contributed by atoms with E-state index in [4.69, 9.17) is 9.15 Å². The molecule has 2 aromatic carbocycles. The summed E-state index contributed by atoms with van der Waals surface area (Å²) in [6.45, 7) is 8.05. The van der Waals surface area contributed by atoms with Gasteiger partial charge in [0.1, 0.15) is 10.5 Å². The molecule has 4 aromatic rings. The Kier molecular flexibility index (Phi) is 5.36. The second-order valence-electron chi connectivity index (χ2n) is 9.52. The summed E-state index contributed by atoms with van der Waals surface area (Å²) in [4.78, 5) is 45.8. The van der Waals surface area contributed by atoms with E-state index in [1.165, 1.54) is 12.0 Å². The topological polar surface area (TPSA) is 89.7 Å². The number of esters is 1. The third-order valence-corrected chi connectivity index (χ3v) is 7.37. The standard InChI is InChI=1S/C27H24N2O5S/c1-14-23(25(32)33-5)35-26(28-14)29-20(15-10-12-16(13-11-15)27(2,3)4)19-21(30)17-8-6-7-9-18(17)34-22(19)24(29)31/h6-13,20H,1-5H3. The summed E-state index contributed by atoms with van der Waals surface area (Å²) >= 11 is 1.06. The molecule has 0 bridgehead atoms. The molecule has 0 fully saturated rings. The molecule has 0 spiro atoms. The molecule has 5 rings (SSSR count). The van der Waals surface area contributed by atoms with E-state index in [1.54, 1.807) is 31.2 Å². The molecule has 0 saturated carbocycles. The van der Waals surface area contributed by atoms with Gasteiger partial charge in [0, 0.05) is 0 Å². The number of carbonyl (C=O) groups excluding carboxylic acids is 2. The van der Waals surface area contributed by atoms with E-state index < -0.39 is 17.9 Å². The molecule has 8 heteroatoms. The number of rotatable bonds is 3. The lowest BCUT2D eigenvalue weighted by molar-refractivity contribution is 0.0605. The largest absolute Gasteiger partial charge is 0.465 e. The Bertz CT molecular complexity index is 1540. The van der Waals surface area contributed by atoms with E-state index >= 15 is 0 Å². The van der Waals surface area contributed by atoms with Crippen LogP contribution in [0.5, 0.6) is 0 Å². The van der Waals surface area contributed by atoms with Gasteiger partial charge in [0.15, 0.2) is 10.6 Å². The second kappa shape index (κ2) is 8.16. The molecule has 1 aliphatic heterocycles. The number of hydrogen-bond donors (Lipinski definition) is 0. The van der Waals surface area contributed by atoms with Crippen molar-refractivity contribution in [2.24, 2.45) is 0 Å². The minimum absolute atomic E-state index is 0.00827. The van der Waals surface area contributed by atoms with E-state index in [0.717, 1.165) is 22.5 Å². The van der Waals surface area contributed by atoms with Crippen LogP contribution in [0.1, 0.15) is 69.4 Å². The predicted molar refractivity (Wildman–Crippen MR) is 134 cm³/mol. The Hall–Kier alpha value is -3.78. The average Bonchev–Trinajstić information content (AvgIpc) is 3.35. The normalized spacial score (nSPS) is 15.5. The third-order valence-electron chi connectivity index (χ3n) is 6.23. The lowest BCUT2D eigenvalue weighted by Gasteiger charge is -2.24. The molecule has 0 radical (unpaired) electrons. The molecule has 1 atom stereocenters. The number of para-hydroxylation sites is 1. The van der Waals surface area contributed by atoms with Crippen molar-refractivity contribution < 1.29 is 18.7 Å². The average molecular weight is 489 g/mol. The molecule has 3 heterocycles. The van der Waals surface area contributed by atoms with Crippen LogP contribution < -0.4 is 10.3 Å². The second-order valence-corrected chi connectivity index (χ2v) is 10.5. The quantitative estimate of drug-likeness (QED) is 0.359. The number of amides is 1. The van der Waals surface area contributed by atoms with Crippen molar-refractivity contribution >= 4 is 39.3 Å². The molecule has 35 heavy (non-hydrogen) atoms. The predicted octanol–water partition coefficient (Wildman–Crippen LogP) is 5.39. The highest BCUT2D eigenvalue weighted by atomic mass is 32.1. The number of methoxy groups -OCH3 is 1. The number of fused-ring (bicyclic) bond motifs is 2. The van der Waals surface area contributed by atoms with Gasteiger partial charge in [-0.05, 0) is 35.6 Å². The fourth-order valence-corrected chi connectivity index (χ4v) is 5.38. The first-order chi connectivity index (χ1) is 16.6. The molecule has 0 N–H and O–H groups in total. The first-order valence-corrected chi connectivity index (χ1v) is 12.0. The molecule has 0 saturated heterocycles. The molecule has 1 aliphatic rings. The van der Waals surface area contributed by atoms with Gasteiger partial charge in [-0.25, -0.2) is 9.78 Å². The molecule has 178 valence electrons. The van der Waals surface area contributed by atoms with Crippen LogP contribution in [0, 0.1) is 6.92 Å². The minimum Gasteiger partial charge on any atom is -0.465 e. The van der Waals surface area contributed by atoms with Gasteiger partial charge in [-0.3, -0.25) is 14.5 Å². The van der Waals surface area contributed by atoms with Crippen molar-refractivity contribution in [3.8, 4) is 0 Å². The highest BCUT2D eigenvalue weighted by Gasteiger charge is 2.45. The van der Waals surface area contributed by atoms with Crippen molar-refractivity contribution in [1.82, 2.24) is 4.98 Å². The van der Waals surface area contributed by atoms with Crippen LogP contribution in [0.2, 0.25) is 0 Å². The number of thiazole rings is 1. The fourth-order valence-electron chi connectivity index (χ4n) is 4.37. The molecular formula is C27H24N2O5S. The zero-order chi connectivity index (χ0) is 25.1. The summed E-state index contributed by atoms with van der Waals surface area (Å²) in [6.07, 6.45) is 0. The summed E-state index contributed by atoms with van der Waals surface area (Å²) in [5.74, 6) is -1.01. The maximum Gasteiger partial charge on any atom is 0.350 e. The zero-order valence-corrected chi connectivity index (χ0v) is 20.9. The van der Waals surface area contributed by atoms with Gasteiger partial charge >= 0.3 is 5.97 Å². The van der Waals surface area contributed by atoms with Crippen LogP contribution in [-0.4, -0.2) is 24.0 Å². The Balaban J connectivity index is 1.75. The number of benzene rings is 2. The number of anilines is 1. The van der Waals surface area contributed by atoms with E-state index in [1.807, 2.05) is 24.3 Å². The number of ether oxygens (including phenoxy) is 1. The Morgan fingerprint density at radius 2 is 1.77 bits per heavy atom. The van der Waals surface area contributed by atoms with Gasteiger partial charge in [0.2, 0.25) is 5.76 Å². The van der Waals surface area contributed by atoms with Gasteiger partial charge in [-0.15, -0.1) is 0 Å². The van der Waals surface area contributed by atoms with Crippen LogP contribution in [0.15, 0.2) is 57.7 Å². The lowest BCUT2D eigenvalue weighted by Crippen LogP contribution is -2.29. The summed E-state index contributed by atoms with van der Waals surface area (Å²) in [5, 5.41) is 0.704. The molecule has 1 amide bonds. The summed E-state index contributed by atoms with van der Waals surface area (Å²) in [6, 6.07) is 14.0. The molecule has 2 aromatic heterocycles. The first-order valence-electron chi connectivity index (χ1n) is 11.2. The Labute approximate surface area is 206 Å². The van der Waals surface area contributed by atoms with Gasteiger partial charge in [0.25, 0.3) is 5.91 Å². The molecule has 0 aliphatic carbocycles. The monoisotopic (exact) mass is 488 g/mol. The number of carbonyl (C=O) groups is 2. The van der Waals surface area contributed by atoms with E-state index in [2.05, 4.69) is 25.8 Å². The van der Waals surface area contributed by atoms with Crippen LogP contribution in [-0.2, 0) is 10.2 Å². The van der Waals surface area contributed by atoms with E-state index in [9.17, 15) is 14.4 Å². The van der Waals surface area contributed by atoms with Gasteiger partial charge in [-0.2, -0.15) is 0 Å². The van der Waals surface area contributed by atoms with Crippen molar-refractivity contribution in [2.45, 2.75) is 39.2 Å². The van der Waals surface area contributed by atoms with Crippen molar-refractivity contribution in [2.75, 3.05) is 12.0 Å². The van der Waals surface area contributed by atoms with Gasteiger partial charge < -0.3 is 9.15 Å². The highest BCUT2D eigenvalue weighted by molar-refractivity contribution is 7.17. The molecule has 1 unspecified atom stereocenters. The molecular weight excluding hydrogens is 464 g/mol. The number of aryl methyl sites for hydroxylation is 1. The Morgan fingerprint density at radius 1 is 1.09 bits per heavy atom. The van der Waals surface area contributed by atoms with Crippen LogP contribution in [0.3, 0.4) is 0 Å². The summed E-state index contributed by atoms with van der Waals surface area (Å²) < 4.78 is 10.8. The number of nitrogens with zero attached hydrogens (tertiary/aromatic N) is 2. The van der Waals surface area contributed by atoms with Gasteiger partial charge in [0.05, 0.1) is 29.8 Å². The minimum atomic E-state index is -0.747. The van der Waals surface area contributed by atoms with Crippen molar-refractivity contribution in [1.29, 1.82) is 0 Å². The number of aromatic nitrogens is 1. The maximum absolute atomic E-state index is 13.7. The van der Waals surface area contributed by atoms with Crippen LogP contribution >= 0.6 is 11.3 Å². The third kappa shape index (κ3) is 3.65. The van der Waals surface area contributed by atoms with Crippen molar-refractivity contribution in [3.05, 3.63) is 91.8 Å². The van der Waals surface area contributed by atoms with Gasteiger partial charge in [-0.1, -0.05) is 68.5 Å². The maximum atomic E-state index is 13.7. The lowest BCUT2D eigenvalue weighted by atomic mass is 9.86. The Morgan fingerprint density at radius 3 is 2.43 bits per heavy atom. The highest BCUT2D eigenvalue weighted by Crippen LogP contribution is 2.43. The fraction of sp³-hybridized carbons (Fsp3) is 0.259. The summed E-state index contributed by atoms with van der Waals surface area (Å²) in [7, 11) is 1.30. The van der Waals surface area contributed by atoms with Crippen LogP contribution in [0.4, 0.5) is 5.13 Å². The van der Waals surface area contributed by atoms with Crippen molar-refractivity contribution in [3.63, 3.8) is 0 Å². The van der Waals surface area contributed by atoms with E-state index in [-0.39, 0.29) is 22.2 Å². The number of hydrogen-bond acceptors (Lipinski definition) is 7. The first kappa shape index (κ1) is 23.0. The van der Waals surface area contributed by atoms with Crippen LogP contribution in [0.25, 0.3) is 11.0 Å². The molecule has 7 nitrogen and oxygen atoms in total. The zero-order valence-electron chi connectivity index (χ0n) is 20.0.